The van der Waals surface area contributed by atoms with E-state index >= 15 is 0 Å². The van der Waals surface area contributed by atoms with Crippen LogP contribution in [0.5, 0.6) is 0 Å². The van der Waals surface area contributed by atoms with Gasteiger partial charge in [-0.2, -0.15) is 0 Å². The Kier molecular flexibility index (Phi) is 3.71. The van der Waals surface area contributed by atoms with Crippen molar-refractivity contribution in [1.29, 1.82) is 0 Å². The van der Waals surface area contributed by atoms with Gasteiger partial charge >= 0.3 is 0 Å². The molecule has 0 bridgehead atoms. The maximum absolute atomic E-state index is 9.15. The number of hydrogen-bond donors (Lipinski definition) is 1. The zero-order chi connectivity index (χ0) is 12.3. The van der Waals surface area contributed by atoms with Crippen LogP contribution in [0.3, 0.4) is 0 Å². The molecule has 0 aromatic carbocycles. The Morgan fingerprint density at radius 3 is 2.88 bits per heavy atom. The third kappa shape index (κ3) is 2.81. The lowest BCUT2D eigenvalue weighted by atomic mass is 10.3. The molecule has 0 fully saturated rings. The summed E-state index contributed by atoms with van der Waals surface area (Å²) in [7, 11) is 1.99. The number of aromatic nitrogens is 2. The summed E-state index contributed by atoms with van der Waals surface area (Å²) in [6, 6.07) is 3.96. The van der Waals surface area contributed by atoms with Crippen molar-refractivity contribution in [2.45, 2.75) is 20.1 Å². The average Bonchev–Trinajstić information content (AvgIpc) is 2.72. The normalized spacial score (nSPS) is 10.5. The molecular weight excluding hydrogens is 234 g/mol. The molecule has 90 valence electrons. The van der Waals surface area contributed by atoms with Crippen LogP contribution in [0.2, 0.25) is 0 Å². The van der Waals surface area contributed by atoms with E-state index in [0.29, 0.717) is 0 Å². The van der Waals surface area contributed by atoms with Gasteiger partial charge in [-0.1, -0.05) is 17.4 Å². The predicted octanol–water partition coefficient (Wildman–Crippen LogP) is 1.98. The molecule has 0 radical (unpaired) electrons. The van der Waals surface area contributed by atoms with E-state index in [-0.39, 0.29) is 6.61 Å². The van der Waals surface area contributed by atoms with Crippen molar-refractivity contribution in [3.05, 3.63) is 40.7 Å². The fourth-order valence-corrected chi connectivity index (χ4v) is 2.44. The maximum Gasteiger partial charge on any atom is 0.185 e. The molecule has 0 saturated carbocycles. The molecule has 5 heteroatoms. The molecule has 2 aromatic rings. The summed E-state index contributed by atoms with van der Waals surface area (Å²) in [5.74, 6) is 0. The first-order valence-corrected chi connectivity index (χ1v) is 6.19. The van der Waals surface area contributed by atoms with Crippen molar-refractivity contribution in [3.63, 3.8) is 0 Å². The Bertz CT molecular complexity index is 484. The van der Waals surface area contributed by atoms with E-state index in [1.807, 2.05) is 32.3 Å². The molecule has 0 amide bonds. The van der Waals surface area contributed by atoms with Gasteiger partial charge in [-0.05, 0) is 18.6 Å². The smallest absolute Gasteiger partial charge is 0.185 e. The minimum atomic E-state index is 0.0598. The van der Waals surface area contributed by atoms with Crippen LogP contribution >= 0.6 is 11.3 Å². The van der Waals surface area contributed by atoms with Gasteiger partial charge in [0.2, 0.25) is 0 Å². The van der Waals surface area contributed by atoms with E-state index in [2.05, 4.69) is 14.9 Å². The molecule has 2 heterocycles. The highest BCUT2D eigenvalue weighted by Crippen LogP contribution is 2.25. The van der Waals surface area contributed by atoms with Crippen LogP contribution in [0.4, 0.5) is 5.13 Å². The van der Waals surface area contributed by atoms with E-state index < -0.39 is 0 Å². The molecule has 0 atom stereocenters. The molecule has 0 spiro atoms. The number of aliphatic hydroxyl groups is 1. The highest BCUT2D eigenvalue weighted by Gasteiger charge is 2.10. The Balaban J connectivity index is 2.12. The lowest BCUT2D eigenvalue weighted by Crippen LogP contribution is -2.16. The third-order valence-corrected chi connectivity index (χ3v) is 3.75. The second-order valence-corrected chi connectivity index (χ2v) is 4.94. The molecular formula is C12H15N3OS. The van der Waals surface area contributed by atoms with E-state index in [1.54, 1.807) is 6.20 Å². The van der Waals surface area contributed by atoms with Gasteiger partial charge in [-0.3, -0.25) is 4.98 Å². The zero-order valence-electron chi connectivity index (χ0n) is 9.92. The quantitative estimate of drug-likeness (QED) is 0.900. The number of aryl methyl sites for hydroxylation is 1. The van der Waals surface area contributed by atoms with Crippen LogP contribution in [-0.2, 0) is 13.2 Å². The van der Waals surface area contributed by atoms with Crippen molar-refractivity contribution in [2.75, 3.05) is 11.9 Å². The highest BCUT2D eigenvalue weighted by molar-refractivity contribution is 7.15. The Labute approximate surface area is 105 Å². The van der Waals surface area contributed by atoms with E-state index in [0.717, 1.165) is 27.8 Å². The summed E-state index contributed by atoms with van der Waals surface area (Å²) in [6.07, 6.45) is 3.62. The lowest BCUT2D eigenvalue weighted by Gasteiger charge is -2.15. The van der Waals surface area contributed by atoms with Crippen LogP contribution in [0.1, 0.15) is 16.1 Å². The first-order chi connectivity index (χ1) is 8.20. The van der Waals surface area contributed by atoms with Crippen LogP contribution in [0.15, 0.2) is 24.5 Å². The van der Waals surface area contributed by atoms with E-state index in [9.17, 15) is 0 Å². The first kappa shape index (κ1) is 12.0. The number of thiazole rings is 1. The van der Waals surface area contributed by atoms with Gasteiger partial charge < -0.3 is 10.0 Å². The molecule has 4 nitrogen and oxygen atoms in total. The van der Waals surface area contributed by atoms with Crippen molar-refractivity contribution in [2.24, 2.45) is 0 Å². The van der Waals surface area contributed by atoms with Gasteiger partial charge in [0.1, 0.15) is 0 Å². The van der Waals surface area contributed by atoms with Crippen molar-refractivity contribution >= 4 is 16.5 Å². The largest absolute Gasteiger partial charge is 0.391 e. The van der Waals surface area contributed by atoms with Gasteiger partial charge in [-0.25, -0.2) is 4.98 Å². The second kappa shape index (κ2) is 5.25. The van der Waals surface area contributed by atoms with Crippen LogP contribution in [-0.4, -0.2) is 22.1 Å². The fraction of sp³-hybridized carbons (Fsp3) is 0.333. The number of aliphatic hydroxyl groups excluding tert-OH is 1. The standard InChI is InChI=1S/C12H15N3OS/c1-9-11(8-16)17-12(14-9)15(2)7-10-4-3-5-13-6-10/h3-6,16H,7-8H2,1-2H3. The highest BCUT2D eigenvalue weighted by atomic mass is 32.1. The minimum absolute atomic E-state index is 0.0598. The Morgan fingerprint density at radius 2 is 2.29 bits per heavy atom. The fourth-order valence-electron chi connectivity index (χ4n) is 1.56. The first-order valence-electron chi connectivity index (χ1n) is 5.38. The van der Waals surface area contributed by atoms with E-state index in [4.69, 9.17) is 5.11 Å². The predicted molar refractivity (Wildman–Crippen MR) is 69.1 cm³/mol. The topological polar surface area (TPSA) is 49.2 Å². The molecule has 2 aromatic heterocycles. The number of nitrogens with zero attached hydrogens (tertiary/aromatic N) is 3. The van der Waals surface area contributed by atoms with Crippen molar-refractivity contribution in [1.82, 2.24) is 9.97 Å². The summed E-state index contributed by atoms with van der Waals surface area (Å²) < 4.78 is 0. The van der Waals surface area contributed by atoms with Gasteiger partial charge in [0.05, 0.1) is 17.2 Å². The summed E-state index contributed by atoms with van der Waals surface area (Å²) >= 11 is 1.53. The summed E-state index contributed by atoms with van der Waals surface area (Å²) in [6.45, 7) is 2.75. The molecule has 17 heavy (non-hydrogen) atoms. The number of anilines is 1. The Hall–Kier alpha value is -1.46. The second-order valence-electron chi connectivity index (χ2n) is 3.88. The number of rotatable bonds is 4. The molecule has 0 aliphatic rings. The van der Waals surface area contributed by atoms with Gasteiger partial charge in [0, 0.05) is 26.0 Å². The molecule has 1 N–H and O–H groups in total. The lowest BCUT2D eigenvalue weighted by molar-refractivity contribution is 0.284. The van der Waals surface area contributed by atoms with Crippen LogP contribution in [0, 0.1) is 6.92 Å². The molecule has 0 aliphatic carbocycles. The van der Waals surface area contributed by atoms with Gasteiger partial charge in [-0.15, -0.1) is 0 Å². The van der Waals surface area contributed by atoms with Crippen LogP contribution < -0.4 is 4.90 Å². The summed E-state index contributed by atoms with van der Waals surface area (Å²) in [5, 5.41) is 10.1. The minimum Gasteiger partial charge on any atom is -0.391 e. The number of hydrogen-bond acceptors (Lipinski definition) is 5. The maximum atomic E-state index is 9.15. The zero-order valence-corrected chi connectivity index (χ0v) is 10.7. The monoisotopic (exact) mass is 249 g/mol. The third-order valence-electron chi connectivity index (χ3n) is 2.49. The van der Waals surface area contributed by atoms with Crippen molar-refractivity contribution in [3.8, 4) is 0 Å². The molecule has 0 aliphatic heterocycles. The van der Waals surface area contributed by atoms with Crippen molar-refractivity contribution < 1.29 is 5.11 Å². The molecule has 0 saturated heterocycles. The van der Waals surface area contributed by atoms with E-state index in [1.165, 1.54) is 11.3 Å². The molecule has 2 rings (SSSR count). The summed E-state index contributed by atoms with van der Waals surface area (Å²) in [4.78, 5) is 11.5. The van der Waals surface area contributed by atoms with Gasteiger partial charge in [0.15, 0.2) is 5.13 Å². The SMILES string of the molecule is Cc1nc(N(C)Cc2cccnc2)sc1CO. The molecule has 0 unspecified atom stereocenters. The summed E-state index contributed by atoms with van der Waals surface area (Å²) in [5.41, 5.74) is 2.05. The van der Waals surface area contributed by atoms with Crippen LogP contribution in [0.25, 0.3) is 0 Å². The average molecular weight is 249 g/mol. The Morgan fingerprint density at radius 1 is 1.47 bits per heavy atom. The van der Waals surface area contributed by atoms with Gasteiger partial charge in [0.25, 0.3) is 0 Å². The number of pyridine rings is 1.